The lowest BCUT2D eigenvalue weighted by Crippen LogP contribution is -2.53. The van der Waals surface area contributed by atoms with Crippen LogP contribution in [0.5, 0.6) is 5.75 Å². The van der Waals surface area contributed by atoms with Gasteiger partial charge >= 0.3 is 5.97 Å². The summed E-state index contributed by atoms with van der Waals surface area (Å²) in [5.41, 5.74) is 0.0214. The minimum atomic E-state index is -1.44. The van der Waals surface area contributed by atoms with Crippen LogP contribution in [-0.4, -0.2) is 41.4 Å². The van der Waals surface area contributed by atoms with E-state index in [9.17, 15) is 24.3 Å². The number of amides is 3. The Bertz CT molecular complexity index is 1130. The van der Waals surface area contributed by atoms with Crippen LogP contribution in [0.15, 0.2) is 48.5 Å². The molecule has 5 rings (SSSR count). The molecular formula is C22H19N3O6. The summed E-state index contributed by atoms with van der Waals surface area (Å²) >= 11 is 0. The van der Waals surface area contributed by atoms with Gasteiger partial charge in [-0.1, -0.05) is 18.2 Å². The molecule has 2 aromatic carbocycles. The molecule has 2 saturated heterocycles. The first-order chi connectivity index (χ1) is 14.9. The third kappa shape index (κ3) is 2.57. The van der Waals surface area contributed by atoms with Crippen molar-refractivity contribution < 1.29 is 29.0 Å². The van der Waals surface area contributed by atoms with Crippen LogP contribution >= 0.6 is 0 Å². The number of hydrogen-bond donors (Lipinski definition) is 3. The second-order valence-electron chi connectivity index (χ2n) is 7.84. The predicted octanol–water partition coefficient (Wildman–Crippen LogP) is 0.529. The van der Waals surface area contributed by atoms with Gasteiger partial charge in [-0.15, -0.1) is 0 Å². The number of rotatable bonds is 3. The highest BCUT2D eigenvalue weighted by molar-refractivity contribution is 6.25. The molecule has 4 atom stereocenters. The van der Waals surface area contributed by atoms with Crippen molar-refractivity contribution in [1.29, 1.82) is 0 Å². The van der Waals surface area contributed by atoms with E-state index in [1.807, 2.05) is 0 Å². The topological polar surface area (TPSA) is 125 Å². The van der Waals surface area contributed by atoms with Gasteiger partial charge in [0, 0.05) is 24.2 Å². The minimum absolute atomic E-state index is 0.283. The number of benzene rings is 2. The number of carbonyl (C=O) groups excluding carboxylic acids is 4. The van der Waals surface area contributed by atoms with Gasteiger partial charge in [0.25, 0.3) is 0 Å². The third-order valence-corrected chi connectivity index (χ3v) is 6.18. The average Bonchev–Trinajstić information content (AvgIpc) is 3.33. The highest BCUT2D eigenvalue weighted by Crippen LogP contribution is 2.53. The Morgan fingerprint density at radius 2 is 1.81 bits per heavy atom. The zero-order valence-electron chi connectivity index (χ0n) is 16.5. The fraction of sp³-hybridized carbons (Fsp3) is 0.273. The van der Waals surface area contributed by atoms with Crippen LogP contribution in [0.3, 0.4) is 0 Å². The van der Waals surface area contributed by atoms with Gasteiger partial charge in [0.15, 0.2) is 0 Å². The number of aliphatic hydroxyl groups excluding tert-OH is 1. The molecule has 0 bridgehead atoms. The van der Waals surface area contributed by atoms with E-state index in [2.05, 4.69) is 10.6 Å². The largest absolute Gasteiger partial charge is 0.427 e. The van der Waals surface area contributed by atoms with Crippen LogP contribution < -0.4 is 20.3 Å². The second kappa shape index (κ2) is 6.73. The molecule has 9 nitrogen and oxygen atoms in total. The Balaban J connectivity index is 1.58. The molecule has 9 heteroatoms. The van der Waals surface area contributed by atoms with Crippen LogP contribution in [0.25, 0.3) is 0 Å². The van der Waals surface area contributed by atoms with Crippen molar-refractivity contribution in [3.05, 3.63) is 54.1 Å². The van der Waals surface area contributed by atoms with Crippen molar-refractivity contribution in [2.24, 2.45) is 11.8 Å². The number of hydrogen-bond acceptors (Lipinski definition) is 7. The van der Waals surface area contributed by atoms with Crippen LogP contribution in [0.1, 0.15) is 12.5 Å². The lowest BCUT2D eigenvalue weighted by molar-refractivity contribution is -0.132. The van der Waals surface area contributed by atoms with Crippen molar-refractivity contribution in [1.82, 2.24) is 5.32 Å². The fourth-order valence-electron chi connectivity index (χ4n) is 5.00. The average molecular weight is 421 g/mol. The van der Waals surface area contributed by atoms with E-state index in [0.717, 1.165) is 4.90 Å². The standard InChI is InChI=1S/C22H19N3O6/c1-11(27)31-13-8-6-12(7-9-13)25-19(28)17-16(10-26)24-22(18(17)20(25)29)14-4-2-3-5-15(14)23-21(22)30/h2-9,16-18,24,26H,10H2,1H3,(H,23,30)/t16-,17-,18+,22+/m1/s1. The summed E-state index contributed by atoms with van der Waals surface area (Å²) in [5, 5.41) is 15.8. The van der Waals surface area contributed by atoms with E-state index in [0.29, 0.717) is 16.9 Å². The summed E-state index contributed by atoms with van der Waals surface area (Å²) < 4.78 is 5.00. The molecular weight excluding hydrogens is 402 g/mol. The summed E-state index contributed by atoms with van der Waals surface area (Å²) in [4.78, 5) is 52.2. The molecule has 2 aromatic rings. The normalized spacial score (nSPS) is 28.6. The van der Waals surface area contributed by atoms with Crippen LogP contribution in [0, 0.1) is 11.8 Å². The number of nitrogens with one attached hydrogen (secondary N) is 2. The first-order valence-corrected chi connectivity index (χ1v) is 9.84. The molecule has 0 aliphatic carbocycles. The maximum Gasteiger partial charge on any atom is 0.308 e. The Morgan fingerprint density at radius 3 is 2.48 bits per heavy atom. The highest BCUT2D eigenvalue weighted by Gasteiger charge is 2.70. The first kappa shape index (κ1) is 19.4. The number of nitrogens with zero attached hydrogens (tertiary/aromatic N) is 1. The molecule has 3 heterocycles. The maximum atomic E-state index is 13.6. The van der Waals surface area contributed by atoms with E-state index < -0.39 is 53.7 Å². The molecule has 0 aromatic heterocycles. The summed E-state index contributed by atoms with van der Waals surface area (Å²) in [5.74, 6) is -3.54. The molecule has 3 N–H and O–H groups in total. The number of anilines is 2. The van der Waals surface area contributed by atoms with Crippen molar-refractivity contribution in [3.63, 3.8) is 0 Å². The van der Waals surface area contributed by atoms with E-state index in [1.54, 1.807) is 24.3 Å². The Kier molecular flexibility index (Phi) is 4.21. The van der Waals surface area contributed by atoms with Crippen molar-refractivity contribution in [2.75, 3.05) is 16.8 Å². The van der Waals surface area contributed by atoms with Gasteiger partial charge in [-0.3, -0.25) is 24.5 Å². The van der Waals surface area contributed by atoms with E-state index >= 15 is 0 Å². The molecule has 0 unspecified atom stereocenters. The Hall–Kier alpha value is -3.56. The van der Waals surface area contributed by atoms with Crippen molar-refractivity contribution in [3.8, 4) is 5.75 Å². The van der Waals surface area contributed by atoms with E-state index in [4.69, 9.17) is 4.74 Å². The zero-order valence-corrected chi connectivity index (χ0v) is 16.5. The highest BCUT2D eigenvalue weighted by atomic mass is 16.5. The van der Waals surface area contributed by atoms with Gasteiger partial charge in [-0.05, 0) is 30.3 Å². The first-order valence-electron chi connectivity index (χ1n) is 9.84. The van der Waals surface area contributed by atoms with Gasteiger partial charge in [0.05, 0.1) is 24.1 Å². The van der Waals surface area contributed by atoms with Crippen LogP contribution in [0.2, 0.25) is 0 Å². The molecule has 31 heavy (non-hydrogen) atoms. The number of esters is 1. The maximum absolute atomic E-state index is 13.6. The summed E-state index contributed by atoms with van der Waals surface area (Å²) in [6, 6.07) is 12.2. The lowest BCUT2D eigenvalue weighted by atomic mass is 9.76. The number of para-hydroxylation sites is 1. The third-order valence-electron chi connectivity index (χ3n) is 6.18. The number of aliphatic hydroxyl groups is 1. The second-order valence-corrected chi connectivity index (χ2v) is 7.84. The smallest absolute Gasteiger partial charge is 0.308 e. The number of fused-ring (bicyclic) bond motifs is 4. The molecule has 2 fully saturated rings. The van der Waals surface area contributed by atoms with Gasteiger partial charge in [0.2, 0.25) is 17.7 Å². The van der Waals surface area contributed by atoms with Gasteiger partial charge in [0.1, 0.15) is 11.3 Å². The Morgan fingerprint density at radius 1 is 1.10 bits per heavy atom. The number of ether oxygens (including phenoxy) is 1. The molecule has 3 amide bonds. The summed E-state index contributed by atoms with van der Waals surface area (Å²) in [6.07, 6.45) is 0. The molecule has 158 valence electrons. The molecule has 3 aliphatic rings. The fourth-order valence-corrected chi connectivity index (χ4v) is 5.00. The number of imide groups is 1. The molecule has 1 spiro atoms. The van der Waals surface area contributed by atoms with Crippen LogP contribution in [0.4, 0.5) is 11.4 Å². The van der Waals surface area contributed by atoms with E-state index in [-0.39, 0.29) is 5.75 Å². The summed E-state index contributed by atoms with van der Waals surface area (Å²) in [6.45, 7) is 0.866. The molecule has 0 saturated carbocycles. The quantitative estimate of drug-likeness (QED) is 0.375. The van der Waals surface area contributed by atoms with Gasteiger partial charge in [-0.2, -0.15) is 0 Å². The van der Waals surface area contributed by atoms with Crippen molar-refractivity contribution >= 4 is 35.1 Å². The van der Waals surface area contributed by atoms with Crippen LogP contribution in [-0.2, 0) is 24.7 Å². The summed E-state index contributed by atoms with van der Waals surface area (Å²) in [7, 11) is 0. The number of carbonyl (C=O) groups is 4. The molecule has 3 aliphatic heterocycles. The zero-order chi connectivity index (χ0) is 21.9. The predicted molar refractivity (Wildman–Crippen MR) is 108 cm³/mol. The lowest BCUT2D eigenvalue weighted by Gasteiger charge is -2.29. The monoisotopic (exact) mass is 421 g/mol. The molecule has 0 radical (unpaired) electrons. The Labute approximate surface area is 177 Å². The van der Waals surface area contributed by atoms with E-state index in [1.165, 1.54) is 31.2 Å². The van der Waals surface area contributed by atoms with Crippen molar-refractivity contribution in [2.45, 2.75) is 18.5 Å². The SMILES string of the molecule is CC(=O)Oc1ccc(N2C(=O)[C@H]3[C@@H](C2=O)[C@]2(N[C@@H]3CO)C(=O)Nc3ccccc32)cc1. The van der Waals surface area contributed by atoms with Gasteiger partial charge in [-0.25, -0.2) is 4.90 Å². The van der Waals surface area contributed by atoms with Gasteiger partial charge < -0.3 is 15.2 Å². The minimum Gasteiger partial charge on any atom is -0.427 e.